The van der Waals surface area contributed by atoms with Crippen LogP contribution in [-0.2, 0) is 25.7 Å². The molecule has 1 heterocycles. The zero-order valence-electron chi connectivity index (χ0n) is 19.2. The minimum atomic E-state index is -0.947. The van der Waals surface area contributed by atoms with E-state index in [0.29, 0.717) is 0 Å². The Bertz CT molecular complexity index is 781. The molecule has 2 rings (SSSR count). The van der Waals surface area contributed by atoms with Crippen LogP contribution in [0.1, 0.15) is 53.5 Å². The number of benzene rings is 1. The highest BCUT2D eigenvalue weighted by Crippen LogP contribution is 2.27. The van der Waals surface area contributed by atoms with Gasteiger partial charge in [-0.2, -0.15) is 0 Å². The first kappa shape index (κ1) is 24.7. The van der Waals surface area contributed by atoms with E-state index in [4.69, 9.17) is 9.47 Å². The lowest BCUT2D eigenvalue weighted by Crippen LogP contribution is -2.57. The van der Waals surface area contributed by atoms with Crippen LogP contribution in [0.25, 0.3) is 0 Å². The molecule has 1 saturated heterocycles. The standard InChI is InChI=1S/C23H34N2O6/c1-22(2,3)18(24-21(29)31-23(4,5)6)19(27)25-13-16(26)12-17(25)20(28)30-14-15-10-8-7-9-11-15/h7-11,16-18,26H,12-14H2,1-6H3,(H,24,29)/t16-,17+,18-/m1/s1. The van der Waals surface area contributed by atoms with Crippen LogP contribution < -0.4 is 5.32 Å². The van der Waals surface area contributed by atoms with Gasteiger partial charge in [-0.3, -0.25) is 4.79 Å². The number of amides is 2. The van der Waals surface area contributed by atoms with Crippen molar-refractivity contribution >= 4 is 18.0 Å². The maximum absolute atomic E-state index is 13.4. The van der Waals surface area contributed by atoms with Gasteiger partial charge in [0.15, 0.2) is 0 Å². The molecule has 1 fully saturated rings. The summed E-state index contributed by atoms with van der Waals surface area (Å²) < 4.78 is 10.7. The van der Waals surface area contributed by atoms with E-state index in [0.717, 1.165) is 5.56 Å². The molecule has 8 nitrogen and oxygen atoms in total. The molecular weight excluding hydrogens is 400 g/mol. The first-order valence-corrected chi connectivity index (χ1v) is 10.5. The smallest absolute Gasteiger partial charge is 0.408 e. The van der Waals surface area contributed by atoms with Gasteiger partial charge in [-0.15, -0.1) is 0 Å². The van der Waals surface area contributed by atoms with E-state index < -0.39 is 47.2 Å². The summed E-state index contributed by atoms with van der Waals surface area (Å²) in [6, 6.07) is 7.35. The largest absolute Gasteiger partial charge is 0.459 e. The zero-order valence-corrected chi connectivity index (χ0v) is 19.2. The summed E-state index contributed by atoms with van der Waals surface area (Å²) in [6.45, 7) is 10.7. The van der Waals surface area contributed by atoms with Gasteiger partial charge in [0.25, 0.3) is 0 Å². The number of alkyl carbamates (subject to hydrolysis) is 1. The lowest BCUT2D eigenvalue weighted by atomic mass is 9.85. The fourth-order valence-corrected chi connectivity index (χ4v) is 3.35. The van der Waals surface area contributed by atoms with Gasteiger partial charge >= 0.3 is 12.1 Å². The molecule has 2 N–H and O–H groups in total. The predicted molar refractivity (Wildman–Crippen MR) is 115 cm³/mol. The minimum Gasteiger partial charge on any atom is -0.459 e. The number of β-amino-alcohol motifs (C(OH)–C–C–N with tert-alkyl or cyclic N) is 1. The molecule has 8 heteroatoms. The molecule has 0 radical (unpaired) electrons. The van der Waals surface area contributed by atoms with Gasteiger partial charge in [0.2, 0.25) is 5.91 Å². The van der Waals surface area contributed by atoms with Crippen LogP contribution in [-0.4, -0.2) is 58.3 Å². The summed E-state index contributed by atoms with van der Waals surface area (Å²) in [4.78, 5) is 39.7. The number of ether oxygens (including phenoxy) is 2. The van der Waals surface area contributed by atoms with E-state index in [9.17, 15) is 19.5 Å². The Hall–Kier alpha value is -2.61. The number of nitrogens with one attached hydrogen (secondary N) is 1. The molecule has 172 valence electrons. The minimum absolute atomic E-state index is 0.00743. The third-order valence-corrected chi connectivity index (χ3v) is 4.83. The Morgan fingerprint density at radius 1 is 1.13 bits per heavy atom. The van der Waals surface area contributed by atoms with Gasteiger partial charge in [0, 0.05) is 13.0 Å². The summed E-state index contributed by atoms with van der Waals surface area (Å²) in [6.07, 6.45) is -1.48. The normalized spacial score (nSPS) is 20.2. The van der Waals surface area contributed by atoms with Crippen LogP contribution in [0.15, 0.2) is 30.3 Å². The van der Waals surface area contributed by atoms with E-state index in [-0.39, 0.29) is 19.6 Å². The summed E-state index contributed by atoms with van der Waals surface area (Å²) >= 11 is 0. The molecule has 1 aliphatic heterocycles. The van der Waals surface area contributed by atoms with Gasteiger partial charge in [0.1, 0.15) is 24.3 Å². The molecule has 3 atom stereocenters. The molecule has 0 unspecified atom stereocenters. The van der Waals surface area contributed by atoms with Gasteiger partial charge in [-0.1, -0.05) is 51.1 Å². The van der Waals surface area contributed by atoms with E-state index in [1.54, 1.807) is 20.8 Å². The van der Waals surface area contributed by atoms with Crippen LogP contribution in [0.4, 0.5) is 4.79 Å². The van der Waals surface area contributed by atoms with Crippen molar-refractivity contribution in [1.82, 2.24) is 10.2 Å². The Kier molecular flexibility index (Phi) is 7.70. The third kappa shape index (κ3) is 7.24. The van der Waals surface area contributed by atoms with Crippen molar-refractivity contribution in [2.24, 2.45) is 5.41 Å². The Morgan fingerprint density at radius 2 is 1.74 bits per heavy atom. The molecule has 0 aromatic heterocycles. The average molecular weight is 435 g/mol. The van der Waals surface area contributed by atoms with E-state index >= 15 is 0 Å². The third-order valence-electron chi connectivity index (χ3n) is 4.83. The number of rotatable bonds is 5. The lowest BCUT2D eigenvalue weighted by Gasteiger charge is -2.35. The first-order chi connectivity index (χ1) is 14.3. The highest BCUT2D eigenvalue weighted by molar-refractivity contribution is 5.91. The second-order valence-electron chi connectivity index (χ2n) is 9.93. The highest BCUT2D eigenvalue weighted by atomic mass is 16.6. The van der Waals surface area contributed by atoms with Gasteiger partial charge < -0.3 is 24.8 Å². The number of hydrogen-bond donors (Lipinski definition) is 2. The number of hydrogen-bond acceptors (Lipinski definition) is 6. The molecular formula is C23H34N2O6. The van der Waals surface area contributed by atoms with Crippen LogP contribution in [0.3, 0.4) is 0 Å². The van der Waals surface area contributed by atoms with Crippen molar-refractivity contribution in [3.63, 3.8) is 0 Å². The number of likely N-dealkylation sites (tertiary alicyclic amines) is 1. The van der Waals surface area contributed by atoms with Crippen molar-refractivity contribution < 1.29 is 29.0 Å². The predicted octanol–water partition coefficient (Wildman–Crippen LogP) is 2.63. The maximum Gasteiger partial charge on any atom is 0.408 e. The summed E-state index contributed by atoms with van der Waals surface area (Å²) in [5, 5.41) is 12.8. The van der Waals surface area contributed by atoms with E-state index in [1.165, 1.54) is 4.90 Å². The van der Waals surface area contributed by atoms with Crippen LogP contribution in [0.5, 0.6) is 0 Å². The molecule has 0 aliphatic carbocycles. The molecule has 2 amide bonds. The van der Waals surface area contributed by atoms with Crippen molar-refractivity contribution in [3.05, 3.63) is 35.9 Å². The van der Waals surface area contributed by atoms with Crippen LogP contribution in [0.2, 0.25) is 0 Å². The monoisotopic (exact) mass is 434 g/mol. The van der Waals surface area contributed by atoms with Crippen molar-refractivity contribution in [1.29, 1.82) is 0 Å². The highest BCUT2D eigenvalue weighted by Gasteiger charge is 2.45. The lowest BCUT2D eigenvalue weighted by molar-refractivity contribution is -0.155. The van der Waals surface area contributed by atoms with Gasteiger partial charge in [-0.25, -0.2) is 9.59 Å². The van der Waals surface area contributed by atoms with E-state index in [1.807, 2.05) is 51.1 Å². The summed E-state index contributed by atoms with van der Waals surface area (Å²) in [5.74, 6) is -1.05. The molecule has 1 aliphatic rings. The fraction of sp³-hybridized carbons (Fsp3) is 0.609. The van der Waals surface area contributed by atoms with Crippen molar-refractivity contribution in [3.8, 4) is 0 Å². The SMILES string of the molecule is CC(C)(C)OC(=O)N[C@H](C(=O)N1C[C@H](O)C[C@H]1C(=O)OCc1ccccc1)C(C)(C)C. The van der Waals surface area contributed by atoms with Crippen molar-refractivity contribution in [2.75, 3.05) is 6.54 Å². The molecule has 0 spiro atoms. The molecule has 0 saturated carbocycles. The quantitative estimate of drug-likeness (QED) is 0.691. The molecule has 31 heavy (non-hydrogen) atoms. The first-order valence-electron chi connectivity index (χ1n) is 10.5. The summed E-state index contributed by atoms with van der Waals surface area (Å²) in [7, 11) is 0. The second-order valence-corrected chi connectivity index (χ2v) is 9.93. The number of aliphatic hydroxyl groups is 1. The maximum atomic E-state index is 13.4. The molecule has 1 aromatic rings. The number of esters is 1. The van der Waals surface area contributed by atoms with E-state index in [2.05, 4.69) is 5.32 Å². The van der Waals surface area contributed by atoms with Crippen LogP contribution >= 0.6 is 0 Å². The number of carbonyl (C=O) groups excluding carboxylic acids is 3. The number of nitrogens with zero attached hydrogens (tertiary/aromatic N) is 1. The van der Waals surface area contributed by atoms with Crippen LogP contribution in [0, 0.1) is 5.41 Å². The second kappa shape index (κ2) is 9.68. The topological polar surface area (TPSA) is 105 Å². The average Bonchev–Trinajstić information content (AvgIpc) is 3.04. The fourth-order valence-electron chi connectivity index (χ4n) is 3.35. The summed E-state index contributed by atoms with van der Waals surface area (Å²) in [5.41, 5.74) is -0.546. The Labute approximate surface area is 183 Å². The van der Waals surface area contributed by atoms with Gasteiger partial charge in [0.05, 0.1) is 6.10 Å². The Morgan fingerprint density at radius 3 is 2.29 bits per heavy atom. The Balaban J connectivity index is 2.13. The van der Waals surface area contributed by atoms with Crippen molar-refractivity contribution in [2.45, 2.75) is 78.4 Å². The van der Waals surface area contributed by atoms with Gasteiger partial charge in [-0.05, 0) is 31.7 Å². The molecule has 1 aromatic carbocycles. The zero-order chi connectivity index (χ0) is 23.4. The molecule has 0 bridgehead atoms. The number of carbonyl (C=O) groups is 3. The number of aliphatic hydroxyl groups excluding tert-OH is 1.